The second-order valence-electron chi connectivity index (χ2n) is 8.07. The fraction of sp³-hybridized carbons (Fsp3) is 0.375. The van der Waals surface area contributed by atoms with E-state index in [1.807, 2.05) is 25.3 Å². The first-order valence-corrected chi connectivity index (χ1v) is 11.7. The van der Waals surface area contributed by atoms with Crippen molar-refractivity contribution in [3.8, 4) is 5.75 Å². The maximum absolute atomic E-state index is 13.7. The van der Waals surface area contributed by atoms with Gasteiger partial charge in [-0.25, -0.2) is 0 Å². The Hall–Kier alpha value is -2.48. The normalized spacial score (nSPS) is 16.5. The number of hydrogen-bond donors (Lipinski definition) is 1. The van der Waals surface area contributed by atoms with Crippen molar-refractivity contribution in [2.75, 3.05) is 39.5 Å². The lowest BCUT2D eigenvalue weighted by molar-refractivity contribution is 0.125. The number of aromatic nitrogens is 1. The van der Waals surface area contributed by atoms with Crippen LogP contribution >= 0.6 is 11.8 Å². The predicted molar refractivity (Wildman–Crippen MR) is 124 cm³/mol. The van der Waals surface area contributed by atoms with Crippen LogP contribution in [0.15, 0.2) is 62.8 Å². The van der Waals surface area contributed by atoms with Gasteiger partial charge in [0.25, 0.3) is 5.56 Å². The Morgan fingerprint density at radius 1 is 1.13 bits per heavy atom. The van der Waals surface area contributed by atoms with Crippen LogP contribution in [0.25, 0.3) is 0 Å². The van der Waals surface area contributed by atoms with Gasteiger partial charge in [-0.15, -0.1) is 11.8 Å². The molecule has 1 aromatic carbocycles. The minimum absolute atomic E-state index is 0.0519. The van der Waals surface area contributed by atoms with Crippen molar-refractivity contribution in [2.24, 2.45) is 0 Å². The second-order valence-corrected chi connectivity index (χ2v) is 8.95. The molecular formula is C24H29N3O3S. The van der Waals surface area contributed by atoms with Crippen molar-refractivity contribution >= 4 is 11.8 Å². The number of benzene rings is 1. The summed E-state index contributed by atoms with van der Waals surface area (Å²) in [6.07, 6.45) is 3.66. The molecule has 0 saturated carbocycles. The smallest absolute Gasteiger partial charge is 0.260 e. The third kappa shape index (κ3) is 4.59. The molecule has 3 aromatic rings. The van der Waals surface area contributed by atoms with E-state index in [-0.39, 0.29) is 17.4 Å². The third-order valence-electron chi connectivity index (χ3n) is 6.02. The second kappa shape index (κ2) is 9.34. The molecule has 0 radical (unpaired) electrons. The number of nitrogens with zero attached hydrogens (tertiary/aromatic N) is 3. The van der Waals surface area contributed by atoms with Gasteiger partial charge in [-0.05, 0) is 56.1 Å². The van der Waals surface area contributed by atoms with Crippen LogP contribution in [0.2, 0.25) is 0 Å². The highest BCUT2D eigenvalue weighted by atomic mass is 32.2. The first kappa shape index (κ1) is 21.7. The monoisotopic (exact) mass is 439 g/mol. The van der Waals surface area contributed by atoms with E-state index < -0.39 is 0 Å². The van der Waals surface area contributed by atoms with Crippen LogP contribution in [0.5, 0.6) is 5.75 Å². The van der Waals surface area contributed by atoms with Crippen LogP contribution in [-0.4, -0.2) is 59.0 Å². The summed E-state index contributed by atoms with van der Waals surface area (Å²) in [5.41, 5.74) is 1.98. The topological polar surface area (TPSA) is 61.9 Å². The number of aromatic hydroxyl groups is 1. The lowest BCUT2D eigenvalue weighted by atomic mass is 9.96. The quantitative estimate of drug-likeness (QED) is 0.593. The molecule has 4 rings (SSSR count). The Morgan fingerprint density at radius 2 is 1.84 bits per heavy atom. The van der Waals surface area contributed by atoms with Gasteiger partial charge in [-0.1, -0.05) is 12.1 Å². The molecule has 7 heteroatoms. The minimum Gasteiger partial charge on any atom is -0.507 e. The van der Waals surface area contributed by atoms with E-state index in [0.29, 0.717) is 23.6 Å². The highest BCUT2D eigenvalue weighted by Gasteiger charge is 2.31. The number of pyridine rings is 1. The van der Waals surface area contributed by atoms with Gasteiger partial charge in [0.15, 0.2) is 0 Å². The third-order valence-corrected chi connectivity index (χ3v) is 6.77. The Bertz CT molecular complexity index is 1070. The first-order chi connectivity index (χ1) is 15.0. The molecule has 1 saturated heterocycles. The summed E-state index contributed by atoms with van der Waals surface area (Å²) in [5.74, 6) is 0.762. The number of aryl methyl sites for hydroxylation is 1. The van der Waals surface area contributed by atoms with Crippen molar-refractivity contribution in [2.45, 2.75) is 24.4 Å². The summed E-state index contributed by atoms with van der Waals surface area (Å²) in [5, 5.41) is 11.0. The molecule has 164 valence electrons. The molecule has 0 aliphatic carbocycles. The van der Waals surface area contributed by atoms with Gasteiger partial charge in [0.2, 0.25) is 0 Å². The lowest BCUT2D eigenvalue weighted by Gasteiger charge is -2.38. The minimum atomic E-state index is -0.305. The number of likely N-dealkylation sites (N-methyl/N-ethyl adjacent to an activating group) is 1. The van der Waals surface area contributed by atoms with Crippen LogP contribution in [0, 0.1) is 6.92 Å². The average molecular weight is 440 g/mol. The standard InChI is InChI=1S/C24H29N3O3S/c1-17-15-21(28)22(24(29)27(17)16-19-5-4-14-30-19)23(26-12-10-25(2)11-13-26)18-6-8-20(31-3)9-7-18/h4-9,14-15,23,28H,10-13,16H2,1-3H3/t23-/m0/s1. The highest BCUT2D eigenvalue weighted by molar-refractivity contribution is 7.98. The predicted octanol–water partition coefficient (Wildman–Crippen LogP) is 3.56. The lowest BCUT2D eigenvalue weighted by Crippen LogP contribution is -2.47. The van der Waals surface area contributed by atoms with Crippen LogP contribution in [-0.2, 0) is 6.54 Å². The van der Waals surface area contributed by atoms with Gasteiger partial charge >= 0.3 is 0 Å². The van der Waals surface area contributed by atoms with E-state index >= 15 is 0 Å². The van der Waals surface area contributed by atoms with Gasteiger partial charge in [0.1, 0.15) is 11.5 Å². The summed E-state index contributed by atoms with van der Waals surface area (Å²) in [7, 11) is 2.11. The molecule has 31 heavy (non-hydrogen) atoms. The molecule has 0 spiro atoms. The van der Waals surface area contributed by atoms with Gasteiger partial charge in [0, 0.05) is 36.8 Å². The molecular weight excluding hydrogens is 410 g/mol. The van der Waals surface area contributed by atoms with Crippen molar-refractivity contribution in [1.29, 1.82) is 0 Å². The SMILES string of the molecule is CSc1ccc([C@@H](c2c(O)cc(C)n(Cc3ccco3)c2=O)N2CCN(C)CC2)cc1. The van der Waals surface area contributed by atoms with E-state index in [1.165, 1.54) is 4.90 Å². The van der Waals surface area contributed by atoms with Crippen LogP contribution in [0.3, 0.4) is 0 Å². The summed E-state index contributed by atoms with van der Waals surface area (Å²) in [4.78, 5) is 19.5. The summed E-state index contributed by atoms with van der Waals surface area (Å²) >= 11 is 1.69. The summed E-state index contributed by atoms with van der Waals surface area (Å²) in [6, 6.07) is 13.4. The van der Waals surface area contributed by atoms with E-state index in [4.69, 9.17) is 4.42 Å². The van der Waals surface area contributed by atoms with Crippen molar-refractivity contribution in [3.05, 3.63) is 81.7 Å². The molecule has 1 aliphatic rings. The Balaban J connectivity index is 1.82. The Labute approximate surface area is 187 Å². The number of furan rings is 1. The van der Waals surface area contributed by atoms with Crippen LogP contribution in [0.1, 0.15) is 28.6 Å². The molecule has 1 atom stereocenters. The van der Waals surface area contributed by atoms with Crippen molar-refractivity contribution in [3.63, 3.8) is 0 Å². The van der Waals surface area contributed by atoms with Gasteiger partial charge in [-0.3, -0.25) is 9.69 Å². The molecule has 3 heterocycles. The largest absolute Gasteiger partial charge is 0.507 e. The Morgan fingerprint density at radius 3 is 2.45 bits per heavy atom. The van der Waals surface area contributed by atoms with E-state index in [1.54, 1.807) is 28.7 Å². The van der Waals surface area contributed by atoms with Crippen LogP contribution in [0.4, 0.5) is 0 Å². The number of hydrogen-bond acceptors (Lipinski definition) is 6. The molecule has 0 unspecified atom stereocenters. The van der Waals surface area contributed by atoms with Gasteiger partial charge in [0.05, 0.1) is 24.4 Å². The van der Waals surface area contributed by atoms with Gasteiger partial charge < -0.3 is 19.0 Å². The summed E-state index contributed by atoms with van der Waals surface area (Å²) < 4.78 is 7.16. The zero-order valence-corrected chi connectivity index (χ0v) is 19.1. The molecule has 1 aliphatic heterocycles. The van der Waals surface area contributed by atoms with E-state index in [2.05, 4.69) is 41.1 Å². The van der Waals surface area contributed by atoms with E-state index in [0.717, 1.165) is 31.7 Å². The maximum atomic E-state index is 13.7. The molecule has 1 fully saturated rings. The zero-order valence-electron chi connectivity index (χ0n) is 18.2. The molecule has 2 aromatic heterocycles. The van der Waals surface area contributed by atoms with E-state index in [9.17, 15) is 9.90 Å². The highest BCUT2D eigenvalue weighted by Crippen LogP contribution is 2.34. The van der Waals surface area contributed by atoms with Crippen LogP contribution < -0.4 is 5.56 Å². The average Bonchev–Trinajstić information content (AvgIpc) is 3.28. The van der Waals surface area contributed by atoms with Gasteiger partial charge in [-0.2, -0.15) is 0 Å². The maximum Gasteiger partial charge on any atom is 0.260 e. The molecule has 6 nitrogen and oxygen atoms in total. The number of thioether (sulfide) groups is 1. The first-order valence-electron chi connectivity index (χ1n) is 10.5. The molecule has 1 N–H and O–H groups in total. The zero-order chi connectivity index (χ0) is 22.0. The van der Waals surface area contributed by atoms with Crippen molar-refractivity contribution in [1.82, 2.24) is 14.4 Å². The fourth-order valence-electron chi connectivity index (χ4n) is 4.21. The molecule has 0 amide bonds. The Kier molecular flexibility index (Phi) is 6.55. The molecule has 0 bridgehead atoms. The van der Waals surface area contributed by atoms with Crippen molar-refractivity contribution < 1.29 is 9.52 Å². The fourth-order valence-corrected chi connectivity index (χ4v) is 4.62. The summed E-state index contributed by atoms with van der Waals surface area (Å²) in [6.45, 7) is 5.68. The number of piperazine rings is 1. The number of rotatable bonds is 6.